The molecule has 1 amide bonds. The van der Waals surface area contributed by atoms with Crippen molar-refractivity contribution in [3.8, 4) is 0 Å². The van der Waals surface area contributed by atoms with Gasteiger partial charge in [-0.2, -0.15) is 0 Å². The van der Waals surface area contributed by atoms with Crippen LogP contribution in [0.3, 0.4) is 0 Å². The summed E-state index contributed by atoms with van der Waals surface area (Å²) in [6, 6.07) is 15.4. The van der Waals surface area contributed by atoms with Crippen molar-refractivity contribution in [2.24, 2.45) is 0 Å². The summed E-state index contributed by atoms with van der Waals surface area (Å²) in [6.45, 7) is 0. The number of hydrogen-bond donors (Lipinski definition) is 1. The van der Waals surface area contributed by atoms with E-state index in [0.29, 0.717) is 16.8 Å². The number of carbonyl (C=O) groups excluding carboxylic acids is 1. The van der Waals surface area contributed by atoms with Gasteiger partial charge in [-0.05, 0) is 6.07 Å². The van der Waals surface area contributed by atoms with Crippen LogP contribution in [-0.2, 0) is 10.5 Å². The fourth-order valence-corrected chi connectivity index (χ4v) is 2.18. The maximum Gasteiger partial charge on any atom is 0.271 e. The lowest BCUT2D eigenvalue weighted by Crippen LogP contribution is -2.30. The molecule has 1 aliphatic heterocycles. The van der Waals surface area contributed by atoms with Gasteiger partial charge in [-0.3, -0.25) is 4.79 Å². The lowest BCUT2D eigenvalue weighted by molar-refractivity contribution is -0.124. The lowest BCUT2D eigenvalue weighted by atomic mass is 9.89. The number of carbonyl (C=O) groups is 1. The van der Waals surface area contributed by atoms with Crippen molar-refractivity contribution in [3.05, 3.63) is 65.7 Å². The number of fused-ring (bicyclic) bond motifs is 1. The van der Waals surface area contributed by atoms with Crippen LogP contribution in [0, 0.1) is 0 Å². The van der Waals surface area contributed by atoms with E-state index in [9.17, 15) is 4.79 Å². The van der Waals surface area contributed by atoms with Crippen LogP contribution in [0.4, 0.5) is 10.1 Å². The van der Waals surface area contributed by atoms with E-state index < -0.39 is 11.6 Å². The summed E-state index contributed by atoms with van der Waals surface area (Å²) < 4.78 is 15.0. The third-order valence-electron chi connectivity index (χ3n) is 3.03. The Kier molecular flexibility index (Phi) is 2.01. The van der Waals surface area contributed by atoms with Crippen LogP contribution >= 0.6 is 0 Å². The highest BCUT2D eigenvalue weighted by Crippen LogP contribution is 2.43. The van der Waals surface area contributed by atoms with E-state index in [1.165, 1.54) is 0 Å². The van der Waals surface area contributed by atoms with Crippen LogP contribution < -0.4 is 5.32 Å². The zero-order valence-electron chi connectivity index (χ0n) is 8.98. The molecule has 0 saturated heterocycles. The molecule has 2 nitrogen and oxygen atoms in total. The molecule has 0 bridgehead atoms. The predicted molar refractivity (Wildman–Crippen MR) is 63.4 cm³/mol. The van der Waals surface area contributed by atoms with E-state index in [4.69, 9.17) is 0 Å². The second kappa shape index (κ2) is 3.42. The van der Waals surface area contributed by atoms with Crippen LogP contribution in [0.5, 0.6) is 0 Å². The fraction of sp³-hybridized carbons (Fsp3) is 0.0714. The van der Waals surface area contributed by atoms with Crippen molar-refractivity contribution in [2.45, 2.75) is 5.67 Å². The molecule has 17 heavy (non-hydrogen) atoms. The molecular formula is C14H10FNO. The summed E-state index contributed by atoms with van der Waals surface area (Å²) >= 11 is 0. The van der Waals surface area contributed by atoms with Crippen LogP contribution in [0.2, 0.25) is 0 Å². The van der Waals surface area contributed by atoms with E-state index in [1.807, 2.05) is 0 Å². The van der Waals surface area contributed by atoms with Crippen molar-refractivity contribution >= 4 is 11.6 Å². The Morgan fingerprint density at radius 2 is 1.59 bits per heavy atom. The zero-order chi connectivity index (χ0) is 11.9. The summed E-state index contributed by atoms with van der Waals surface area (Å²) in [5.41, 5.74) is -0.778. The molecule has 2 aromatic carbocycles. The highest BCUT2D eigenvalue weighted by atomic mass is 19.1. The van der Waals surface area contributed by atoms with Gasteiger partial charge in [0.15, 0.2) is 0 Å². The molecule has 0 aliphatic carbocycles. The monoisotopic (exact) mass is 227 g/mol. The Morgan fingerprint density at radius 1 is 0.941 bits per heavy atom. The summed E-state index contributed by atoms with van der Waals surface area (Å²) in [4.78, 5) is 11.9. The van der Waals surface area contributed by atoms with Crippen LogP contribution in [-0.4, -0.2) is 5.91 Å². The number of para-hydroxylation sites is 1. The Balaban J connectivity index is 2.24. The van der Waals surface area contributed by atoms with E-state index >= 15 is 4.39 Å². The first kappa shape index (κ1) is 10.0. The normalized spacial score (nSPS) is 22.1. The first-order chi connectivity index (χ1) is 8.23. The number of amides is 1. The average Bonchev–Trinajstić information content (AvgIpc) is 2.64. The molecule has 0 saturated carbocycles. The van der Waals surface area contributed by atoms with Gasteiger partial charge in [0.2, 0.25) is 5.67 Å². The minimum absolute atomic E-state index is 0.363. The van der Waals surface area contributed by atoms with Gasteiger partial charge in [-0.15, -0.1) is 0 Å². The molecule has 1 N–H and O–H groups in total. The Morgan fingerprint density at radius 3 is 2.35 bits per heavy atom. The predicted octanol–water partition coefficient (Wildman–Crippen LogP) is 2.85. The maximum absolute atomic E-state index is 15.0. The molecule has 0 radical (unpaired) electrons. The first-order valence-electron chi connectivity index (χ1n) is 5.38. The van der Waals surface area contributed by atoms with Gasteiger partial charge < -0.3 is 5.32 Å². The van der Waals surface area contributed by atoms with Gasteiger partial charge in [0, 0.05) is 16.8 Å². The third-order valence-corrected chi connectivity index (χ3v) is 3.03. The maximum atomic E-state index is 15.0. The van der Waals surface area contributed by atoms with Crippen molar-refractivity contribution in [3.63, 3.8) is 0 Å². The SMILES string of the molecule is O=C1Nc2ccccc2[C@]1(F)c1ccccc1. The summed E-state index contributed by atoms with van der Waals surface area (Å²) in [6.07, 6.45) is 0. The number of halogens is 1. The van der Waals surface area contributed by atoms with E-state index in [-0.39, 0.29) is 0 Å². The number of benzene rings is 2. The smallest absolute Gasteiger partial charge is 0.271 e. The molecule has 84 valence electrons. The van der Waals surface area contributed by atoms with Crippen molar-refractivity contribution in [2.75, 3.05) is 5.32 Å². The summed E-state index contributed by atoms with van der Waals surface area (Å²) in [7, 11) is 0. The summed E-state index contributed by atoms with van der Waals surface area (Å²) in [5.74, 6) is -0.620. The van der Waals surface area contributed by atoms with Crippen LogP contribution in [0.15, 0.2) is 54.6 Å². The first-order valence-corrected chi connectivity index (χ1v) is 5.38. The Hall–Kier alpha value is -2.16. The third kappa shape index (κ3) is 1.29. The van der Waals surface area contributed by atoms with Crippen molar-refractivity contribution in [1.82, 2.24) is 0 Å². The zero-order valence-corrected chi connectivity index (χ0v) is 8.98. The molecule has 1 atom stereocenters. The molecule has 1 heterocycles. The molecule has 0 aromatic heterocycles. The number of anilines is 1. The number of hydrogen-bond acceptors (Lipinski definition) is 1. The van der Waals surface area contributed by atoms with Crippen LogP contribution in [0.25, 0.3) is 0 Å². The quantitative estimate of drug-likeness (QED) is 0.797. The van der Waals surface area contributed by atoms with Gasteiger partial charge in [0.25, 0.3) is 5.91 Å². The Bertz CT molecular complexity index is 582. The molecule has 0 spiro atoms. The van der Waals surface area contributed by atoms with E-state index in [1.54, 1.807) is 54.6 Å². The highest BCUT2D eigenvalue weighted by molar-refractivity contribution is 6.07. The lowest BCUT2D eigenvalue weighted by Gasteiger charge is -2.18. The van der Waals surface area contributed by atoms with Gasteiger partial charge in [-0.25, -0.2) is 4.39 Å². The number of nitrogens with one attached hydrogen (secondary N) is 1. The fourth-order valence-electron chi connectivity index (χ4n) is 2.18. The molecule has 0 fully saturated rings. The Labute approximate surface area is 98.1 Å². The largest absolute Gasteiger partial charge is 0.322 e. The highest BCUT2D eigenvalue weighted by Gasteiger charge is 2.48. The number of rotatable bonds is 1. The van der Waals surface area contributed by atoms with Gasteiger partial charge in [-0.1, -0.05) is 48.5 Å². The minimum Gasteiger partial charge on any atom is -0.322 e. The molecule has 0 unspecified atom stereocenters. The number of alkyl halides is 1. The minimum atomic E-state index is -2.07. The van der Waals surface area contributed by atoms with Crippen molar-refractivity contribution < 1.29 is 9.18 Å². The van der Waals surface area contributed by atoms with Gasteiger partial charge in [0.1, 0.15) is 0 Å². The van der Waals surface area contributed by atoms with Gasteiger partial charge >= 0.3 is 0 Å². The van der Waals surface area contributed by atoms with Crippen LogP contribution in [0.1, 0.15) is 11.1 Å². The molecule has 1 aliphatic rings. The summed E-state index contributed by atoms with van der Waals surface area (Å²) in [5, 5.41) is 2.57. The van der Waals surface area contributed by atoms with Crippen molar-refractivity contribution in [1.29, 1.82) is 0 Å². The average molecular weight is 227 g/mol. The molecule has 3 heteroatoms. The standard InChI is InChI=1S/C14H10FNO/c15-14(10-6-2-1-3-7-10)11-8-4-5-9-12(11)16-13(14)17/h1-9H,(H,16,17)/t14-/m1/s1. The second-order valence-electron chi connectivity index (χ2n) is 4.02. The van der Waals surface area contributed by atoms with Gasteiger partial charge in [0.05, 0.1) is 0 Å². The van der Waals surface area contributed by atoms with E-state index in [0.717, 1.165) is 0 Å². The second-order valence-corrected chi connectivity index (χ2v) is 4.02. The molecule has 2 aromatic rings. The van der Waals surface area contributed by atoms with E-state index in [2.05, 4.69) is 5.32 Å². The molecule has 3 rings (SSSR count). The molecular weight excluding hydrogens is 217 g/mol. The topological polar surface area (TPSA) is 29.1 Å².